The van der Waals surface area contributed by atoms with Crippen LogP contribution in [-0.4, -0.2) is 43.5 Å². The molecule has 7 heteroatoms. The van der Waals surface area contributed by atoms with E-state index in [1.54, 1.807) is 0 Å². The molecule has 2 aromatic rings. The van der Waals surface area contributed by atoms with Crippen molar-refractivity contribution in [1.29, 1.82) is 0 Å². The van der Waals surface area contributed by atoms with Crippen molar-refractivity contribution >= 4 is 23.6 Å². The number of hydrogen-bond acceptors (Lipinski definition) is 6. The van der Waals surface area contributed by atoms with Gasteiger partial charge < -0.3 is 19.5 Å². The summed E-state index contributed by atoms with van der Waals surface area (Å²) in [5, 5.41) is 2.71. The highest BCUT2D eigenvalue weighted by atomic mass is 32.2. The molecule has 0 saturated heterocycles. The van der Waals surface area contributed by atoms with Gasteiger partial charge in [0.25, 0.3) is 5.91 Å². The quantitative estimate of drug-likeness (QED) is 0.556. The van der Waals surface area contributed by atoms with Crippen molar-refractivity contribution in [1.82, 2.24) is 5.32 Å². The molecule has 29 heavy (non-hydrogen) atoms. The van der Waals surface area contributed by atoms with Gasteiger partial charge in [-0.3, -0.25) is 9.59 Å². The molecule has 0 bridgehead atoms. The third-order valence-corrected chi connectivity index (χ3v) is 5.85. The van der Waals surface area contributed by atoms with Crippen molar-refractivity contribution < 1.29 is 23.8 Å². The van der Waals surface area contributed by atoms with Crippen LogP contribution >= 0.6 is 11.8 Å². The summed E-state index contributed by atoms with van der Waals surface area (Å²) in [4.78, 5) is 24.9. The molecule has 152 valence electrons. The zero-order valence-corrected chi connectivity index (χ0v) is 16.8. The van der Waals surface area contributed by atoms with E-state index in [1.807, 2.05) is 30.3 Å². The number of para-hydroxylation sites is 2. The van der Waals surface area contributed by atoms with Crippen LogP contribution in [0.15, 0.2) is 47.4 Å². The van der Waals surface area contributed by atoms with Crippen LogP contribution in [0.2, 0.25) is 0 Å². The van der Waals surface area contributed by atoms with Gasteiger partial charge in [-0.1, -0.05) is 18.2 Å². The molecular formula is C22H23NO5S. The van der Waals surface area contributed by atoms with Gasteiger partial charge >= 0.3 is 5.97 Å². The molecule has 1 amide bonds. The number of esters is 1. The molecule has 1 atom stereocenters. The van der Waals surface area contributed by atoms with Crippen LogP contribution in [0.4, 0.5) is 0 Å². The normalized spacial score (nSPS) is 16.8. The molecule has 0 radical (unpaired) electrons. The average Bonchev–Trinajstić information content (AvgIpc) is 3.22. The van der Waals surface area contributed by atoms with Crippen LogP contribution in [-0.2, 0) is 27.2 Å². The van der Waals surface area contributed by atoms with Crippen molar-refractivity contribution in [3.63, 3.8) is 0 Å². The van der Waals surface area contributed by atoms with Crippen LogP contribution in [0.25, 0.3) is 0 Å². The van der Waals surface area contributed by atoms with Gasteiger partial charge in [-0.05, 0) is 54.7 Å². The smallest absolute Gasteiger partial charge is 0.316 e. The molecule has 0 aromatic heterocycles. The fraction of sp³-hybridized carbons (Fsp3) is 0.364. The Morgan fingerprint density at radius 2 is 1.93 bits per heavy atom. The minimum absolute atomic E-state index is 0.183. The summed E-state index contributed by atoms with van der Waals surface area (Å²) in [5.41, 5.74) is 2.78. The van der Waals surface area contributed by atoms with Gasteiger partial charge in [0.2, 0.25) is 0 Å². The largest absolute Gasteiger partial charge is 0.486 e. The third-order valence-electron chi connectivity index (χ3n) is 4.89. The minimum atomic E-state index is -0.406. The van der Waals surface area contributed by atoms with Crippen molar-refractivity contribution in [2.24, 2.45) is 0 Å². The lowest BCUT2D eigenvalue weighted by Crippen LogP contribution is -2.42. The monoisotopic (exact) mass is 413 g/mol. The Morgan fingerprint density at radius 1 is 1.10 bits per heavy atom. The lowest BCUT2D eigenvalue weighted by molar-refractivity contribution is -0.146. The molecule has 1 heterocycles. The van der Waals surface area contributed by atoms with Crippen molar-refractivity contribution in [2.45, 2.75) is 30.3 Å². The summed E-state index contributed by atoms with van der Waals surface area (Å²) >= 11 is 1.43. The standard InChI is InChI=1S/C22H23NO5S/c24-21(23-11-17-12-26-19-6-1-2-7-20(19)28-17)13-27-22(25)14-29-18-9-8-15-4-3-5-16(15)10-18/h1-2,6-10,17H,3-5,11-14H2,(H,23,24)/t17-/m1/s1. The lowest BCUT2D eigenvalue weighted by atomic mass is 10.1. The topological polar surface area (TPSA) is 73.9 Å². The number of carbonyl (C=O) groups excluding carboxylic acids is 2. The zero-order valence-electron chi connectivity index (χ0n) is 16.0. The molecule has 0 unspecified atom stereocenters. The molecule has 2 aliphatic rings. The molecule has 0 fully saturated rings. The summed E-state index contributed by atoms with van der Waals surface area (Å²) in [7, 11) is 0. The minimum Gasteiger partial charge on any atom is -0.486 e. The summed E-state index contributed by atoms with van der Waals surface area (Å²) < 4.78 is 16.5. The second-order valence-electron chi connectivity index (χ2n) is 7.04. The first-order chi connectivity index (χ1) is 14.2. The molecule has 1 aliphatic carbocycles. The predicted octanol–water partition coefficient (Wildman–Crippen LogP) is 2.77. The second kappa shape index (κ2) is 9.22. The summed E-state index contributed by atoms with van der Waals surface area (Å²) in [6.45, 7) is 0.344. The van der Waals surface area contributed by atoms with E-state index < -0.39 is 5.97 Å². The van der Waals surface area contributed by atoms with E-state index in [0.717, 1.165) is 17.7 Å². The van der Waals surface area contributed by atoms with E-state index >= 15 is 0 Å². The number of fused-ring (bicyclic) bond motifs is 2. The highest BCUT2D eigenvalue weighted by Crippen LogP contribution is 2.30. The van der Waals surface area contributed by atoms with Crippen LogP contribution in [0, 0.1) is 0 Å². The number of carbonyl (C=O) groups is 2. The predicted molar refractivity (Wildman–Crippen MR) is 110 cm³/mol. The van der Waals surface area contributed by atoms with Gasteiger partial charge in [0.05, 0.1) is 12.3 Å². The first kappa shape index (κ1) is 19.6. The fourth-order valence-corrected chi connectivity index (χ4v) is 4.17. The van der Waals surface area contributed by atoms with Gasteiger partial charge in [0.15, 0.2) is 18.1 Å². The molecule has 0 saturated carbocycles. The van der Waals surface area contributed by atoms with Gasteiger partial charge in [-0.2, -0.15) is 0 Å². The number of hydrogen-bond donors (Lipinski definition) is 1. The van der Waals surface area contributed by atoms with E-state index in [4.69, 9.17) is 14.2 Å². The van der Waals surface area contributed by atoms with Crippen LogP contribution < -0.4 is 14.8 Å². The first-order valence-electron chi connectivity index (χ1n) is 9.73. The molecule has 4 rings (SSSR count). The number of ether oxygens (including phenoxy) is 3. The number of nitrogens with one attached hydrogen (secondary N) is 1. The Labute approximate surface area is 173 Å². The number of thioether (sulfide) groups is 1. The molecule has 1 aliphatic heterocycles. The van der Waals surface area contributed by atoms with Gasteiger partial charge in [-0.15, -0.1) is 11.8 Å². The Balaban J connectivity index is 1.14. The third kappa shape index (κ3) is 5.23. The SMILES string of the molecule is O=C(COC(=O)CSc1ccc2c(c1)CCC2)NC[C@@H]1COc2ccccc2O1. The van der Waals surface area contributed by atoms with E-state index in [0.29, 0.717) is 18.1 Å². The number of aryl methyl sites for hydroxylation is 2. The Kier molecular flexibility index (Phi) is 6.24. The van der Waals surface area contributed by atoms with Gasteiger partial charge in [0.1, 0.15) is 12.7 Å². The van der Waals surface area contributed by atoms with Crippen LogP contribution in [0.1, 0.15) is 17.5 Å². The van der Waals surface area contributed by atoms with Crippen molar-refractivity contribution in [3.8, 4) is 11.5 Å². The Hall–Kier alpha value is -2.67. The maximum Gasteiger partial charge on any atom is 0.316 e. The molecule has 1 N–H and O–H groups in total. The summed E-state index contributed by atoms with van der Waals surface area (Å²) in [6.07, 6.45) is 3.17. The summed E-state index contributed by atoms with van der Waals surface area (Å²) in [6, 6.07) is 13.7. The summed E-state index contributed by atoms with van der Waals surface area (Å²) in [5.74, 6) is 0.778. The molecular weight excluding hydrogens is 390 g/mol. The van der Waals surface area contributed by atoms with E-state index in [9.17, 15) is 9.59 Å². The second-order valence-corrected chi connectivity index (χ2v) is 8.08. The molecule has 2 aromatic carbocycles. The number of benzene rings is 2. The maximum atomic E-state index is 11.9. The molecule has 0 spiro atoms. The molecule has 6 nitrogen and oxygen atoms in total. The van der Waals surface area contributed by atoms with Gasteiger partial charge in [-0.25, -0.2) is 0 Å². The van der Waals surface area contributed by atoms with Crippen LogP contribution in [0.3, 0.4) is 0 Å². The highest BCUT2D eigenvalue weighted by molar-refractivity contribution is 8.00. The van der Waals surface area contributed by atoms with Crippen molar-refractivity contribution in [3.05, 3.63) is 53.6 Å². The van der Waals surface area contributed by atoms with E-state index in [-0.39, 0.29) is 30.9 Å². The van der Waals surface area contributed by atoms with Crippen molar-refractivity contribution in [2.75, 3.05) is 25.5 Å². The maximum absolute atomic E-state index is 11.9. The van der Waals surface area contributed by atoms with Gasteiger partial charge in [0, 0.05) is 4.90 Å². The first-order valence-corrected chi connectivity index (χ1v) is 10.7. The number of rotatable bonds is 7. The van der Waals surface area contributed by atoms with Crippen LogP contribution in [0.5, 0.6) is 11.5 Å². The average molecular weight is 413 g/mol. The number of amides is 1. The highest BCUT2D eigenvalue weighted by Gasteiger charge is 2.21. The van der Waals surface area contributed by atoms with E-state index in [2.05, 4.69) is 17.4 Å². The lowest BCUT2D eigenvalue weighted by Gasteiger charge is -2.26. The Bertz CT molecular complexity index is 901. The fourth-order valence-electron chi connectivity index (χ4n) is 3.41. The van der Waals surface area contributed by atoms with E-state index in [1.165, 1.54) is 29.3 Å². The zero-order chi connectivity index (χ0) is 20.1. The Morgan fingerprint density at radius 3 is 2.83 bits per heavy atom.